The number of hydrogen-bond donors (Lipinski definition) is 0. The van der Waals surface area contributed by atoms with Crippen LogP contribution in [0.1, 0.15) is 31.7 Å². The van der Waals surface area contributed by atoms with E-state index in [0.29, 0.717) is 19.4 Å². The van der Waals surface area contributed by atoms with Gasteiger partial charge in [0.1, 0.15) is 5.75 Å². The quantitative estimate of drug-likeness (QED) is 0.376. The Bertz CT molecular complexity index is 914. The van der Waals surface area contributed by atoms with Gasteiger partial charge < -0.3 is 9.47 Å². The molecule has 0 amide bonds. The van der Waals surface area contributed by atoms with Gasteiger partial charge in [0.25, 0.3) is 0 Å². The molecule has 0 unspecified atom stereocenters. The second-order valence-corrected chi connectivity index (χ2v) is 6.67. The molecule has 3 aromatic rings. The molecule has 0 aromatic heterocycles. The van der Waals surface area contributed by atoms with Crippen LogP contribution in [-0.4, -0.2) is 19.7 Å². The third kappa shape index (κ3) is 4.88. The molecule has 0 aliphatic rings. The fourth-order valence-electron chi connectivity index (χ4n) is 3.12. The maximum Gasteiger partial charge on any atom is 0.305 e. The highest BCUT2D eigenvalue weighted by molar-refractivity contribution is 5.88. The lowest BCUT2D eigenvalue weighted by Crippen LogP contribution is -2.03. The van der Waals surface area contributed by atoms with Crippen molar-refractivity contribution in [1.82, 2.24) is 0 Å². The van der Waals surface area contributed by atoms with Crippen molar-refractivity contribution in [1.29, 1.82) is 0 Å². The fraction of sp³-hybridized carbons (Fsp3) is 0.292. The minimum atomic E-state index is -0.189. The first-order valence-electron chi connectivity index (χ1n) is 9.53. The molecular weight excluding hydrogens is 336 g/mol. The number of esters is 1. The Hall–Kier alpha value is -2.81. The molecule has 0 saturated heterocycles. The highest BCUT2D eigenvalue weighted by Crippen LogP contribution is 2.33. The lowest BCUT2D eigenvalue weighted by atomic mass is 9.97. The van der Waals surface area contributed by atoms with Crippen LogP contribution >= 0.6 is 0 Å². The first-order valence-corrected chi connectivity index (χ1v) is 9.53. The third-order valence-corrected chi connectivity index (χ3v) is 4.71. The third-order valence-electron chi connectivity index (χ3n) is 4.71. The van der Waals surface area contributed by atoms with Gasteiger partial charge in [-0.15, -0.1) is 0 Å². The zero-order chi connectivity index (χ0) is 19.1. The molecule has 140 valence electrons. The van der Waals surface area contributed by atoms with Crippen LogP contribution in [0.25, 0.3) is 21.9 Å². The van der Waals surface area contributed by atoms with Gasteiger partial charge in [0.2, 0.25) is 0 Å². The predicted octanol–water partition coefficient (Wildman–Crippen LogP) is 5.79. The number of unbranched alkanes of at least 4 members (excludes halogenated alkanes) is 1. The van der Waals surface area contributed by atoms with Crippen LogP contribution in [0.5, 0.6) is 5.75 Å². The zero-order valence-corrected chi connectivity index (χ0v) is 16.0. The molecule has 0 aliphatic carbocycles. The van der Waals surface area contributed by atoms with Crippen LogP contribution < -0.4 is 4.74 Å². The summed E-state index contributed by atoms with van der Waals surface area (Å²) in [6.45, 7) is 2.86. The van der Waals surface area contributed by atoms with Crippen molar-refractivity contribution in [2.75, 3.05) is 13.7 Å². The summed E-state index contributed by atoms with van der Waals surface area (Å²) < 4.78 is 10.8. The first kappa shape index (κ1) is 19.0. The van der Waals surface area contributed by atoms with E-state index in [1.165, 1.54) is 17.9 Å². The Balaban J connectivity index is 1.95. The summed E-state index contributed by atoms with van der Waals surface area (Å²) in [6.07, 6.45) is 3.16. The maximum absolute atomic E-state index is 11.5. The Morgan fingerprint density at radius 3 is 2.56 bits per heavy atom. The van der Waals surface area contributed by atoms with Crippen LogP contribution in [0, 0.1) is 0 Å². The van der Waals surface area contributed by atoms with Crippen molar-refractivity contribution in [2.45, 2.75) is 32.6 Å². The molecule has 0 bridgehead atoms. The minimum absolute atomic E-state index is 0.189. The molecule has 0 N–H and O–H groups in total. The Kier molecular flexibility index (Phi) is 6.48. The molecule has 27 heavy (non-hydrogen) atoms. The predicted molar refractivity (Wildman–Crippen MR) is 110 cm³/mol. The molecule has 0 heterocycles. The number of methoxy groups -OCH3 is 1. The van der Waals surface area contributed by atoms with E-state index in [9.17, 15) is 4.79 Å². The van der Waals surface area contributed by atoms with E-state index in [0.717, 1.165) is 35.3 Å². The van der Waals surface area contributed by atoms with Crippen molar-refractivity contribution in [3.05, 3.63) is 66.2 Å². The molecular formula is C24H26O3. The van der Waals surface area contributed by atoms with E-state index >= 15 is 0 Å². The smallest absolute Gasteiger partial charge is 0.305 e. The first-order chi connectivity index (χ1) is 13.2. The van der Waals surface area contributed by atoms with Gasteiger partial charge in [-0.2, -0.15) is 0 Å². The van der Waals surface area contributed by atoms with Gasteiger partial charge in [-0.3, -0.25) is 4.79 Å². The molecule has 0 aliphatic heterocycles. The number of ether oxygens (including phenoxy) is 2. The van der Waals surface area contributed by atoms with Crippen molar-refractivity contribution in [3.8, 4) is 16.9 Å². The summed E-state index contributed by atoms with van der Waals surface area (Å²) in [4.78, 5) is 11.5. The van der Waals surface area contributed by atoms with Crippen LogP contribution in [0.15, 0.2) is 60.7 Å². The minimum Gasteiger partial charge on any atom is -0.493 e. The summed E-state index contributed by atoms with van der Waals surface area (Å²) >= 11 is 0. The van der Waals surface area contributed by atoms with Gasteiger partial charge in [0.15, 0.2) is 0 Å². The number of fused-ring (bicyclic) bond motifs is 1. The molecule has 3 nitrogen and oxygen atoms in total. The highest BCUT2D eigenvalue weighted by atomic mass is 16.5. The lowest BCUT2D eigenvalue weighted by Gasteiger charge is -2.14. The number of rotatable bonds is 8. The molecule has 0 saturated carbocycles. The summed E-state index contributed by atoms with van der Waals surface area (Å²) in [5.41, 5.74) is 3.30. The van der Waals surface area contributed by atoms with Gasteiger partial charge in [-0.05, 0) is 52.9 Å². The van der Waals surface area contributed by atoms with E-state index in [-0.39, 0.29) is 5.97 Å². The molecule has 0 atom stereocenters. The van der Waals surface area contributed by atoms with Crippen LogP contribution in [0.3, 0.4) is 0 Å². The molecule has 0 spiro atoms. The number of hydrogen-bond acceptors (Lipinski definition) is 3. The zero-order valence-electron chi connectivity index (χ0n) is 16.0. The van der Waals surface area contributed by atoms with Crippen molar-refractivity contribution < 1.29 is 14.3 Å². The molecule has 3 heteroatoms. The second kappa shape index (κ2) is 9.22. The van der Waals surface area contributed by atoms with Crippen molar-refractivity contribution >= 4 is 16.7 Å². The van der Waals surface area contributed by atoms with Gasteiger partial charge in [0.05, 0.1) is 13.7 Å². The SMILES string of the molecule is CCCCOc1ccc(CCC(=O)OC)cc1-c1ccc2ccccc2c1. The fourth-order valence-corrected chi connectivity index (χ4v) is 3.12. The second-order valence-electron chi connectivity index (χ2n) is 6.67. The van der Waals surface area contributed by atoms with Crippen LogP contribution in [0.2, 0.25) is 0 Å². The van der Waals surface area contributed by atoms with Crippen molar-refractivity contribution in [2.24, 2.45) is 0 Å². The van der Waals surface area contributed by atoms with Gasteiger partial charge in [-0.1, -0.05) is 55.8 Å². The summed E-state index contributed by atoms with van der Waals surface area (Å²) in [5.74, 6) is 0.700. The Labute approximate surface area is 160 Å². The molecule has 3 aromatic carbocycles. The molecule has 0 radical (unpaired) electrons. The van der Waals surface area contributed by atoms with E-state index in [1.807, 2.05) is 12.1 Å². The topological polar surface area (TPSA) is 35.5 Å². The summed E-state index contributed by atoms with van der Waals surface area (Å²) in [6, 6.07) is 21.0. The van der Waals surface area contributed by atoms with E-state index in [2.05, 4.69) is 55.5 Å². The van der Waals surface area contributed by atoms with E-state index < -0.39 is 0 Å². The number of carbonyl (C=O) groups excluding carboxylic acids is 1. The monoisotopic (exact) mass is 362 g/mol. The van der Waals surface area contributed by atoms with Gasteiger partial charge in [0, 0.05) is 12.0 Å². The normalized spacial score (nSPS) is 10.7. The average Bonchev–Trinajstić information content (AvgIpc) is 2.72. The highest BCUT2D eigenvalue weighted by Gasteiger charge is 2.10. The maximum atomic E-state index is 11.5. The Morgan fingerprint density at radius 2 is 1.78 bits per heavy atom. The lowest BCUT2D eigenvalue weighted by molar-refractivity contribution is -0.140. The van der Waals surface area contributed by atoms with Crippen LogP contribution in [-0.2, 0) is 16.0 Å². The van der Waals surface area contributed by atoms with Gasteiger partial charge >= 0.3 is 5.97 Å². The summed E-state index contributed by atoms with van der Waals surface area (Å²) in [7, 11) is 1.42. The standard InChI is InChI=1S/C24H26O3/c1-3-4-15-27-23-13-9-18(10-14-24(25)26-2)16-22(23)21-12-11-19-7-5-6-8-20(19)17-21/h5-9,11-13,16-17H,3-4,10,14-15H2,1-2H3. The summed E-state index contributed by atoms with van der Waals surface area (Å²) in [5, 5.41) is 2.42. The Morgan fingerprint density at radius 1 is 0.963 bits per heavy atom. The molecule has 0 fully saturated rings. The molecule has 3 rings (SSSR count). The van der Waals surface area contributed by atoms with Crippen LogP contribution in [0.4, 0.5) is 0 Å². The number of carbonyl (C=O) groups is 1. The van der Waals surface area contributed by atoms with Gasteiger partial charge in [-0.25, -0.2) is 0 Å². The number of aryl methyl sites for hydroxylation is 1. The van der Waals surface area contributed by atoms with E-state index in [1.54, 1.807) is 0 Å². The average molecular weight is 362 g/mol. The van der Waals surface area contributed by atoms with Crippen molar-refractivity contribution in [3.63, 3.8) is 0 Å². The van der Waals surface area contributed by atoms with E-state index in [4.69, 9.17) is 9.47 Å². The number of benzene rings is 3. The largest absolute Gasteiger partial charge is 0.493 e.